The van der Waals surface area contributed by atoms with Crippen LogP contribution in [0, 0.1) is 5.92 Å². The lowest BCUT2D eigenvalue weighted by atomic mass is 9.96. The molecule has 0 aromatic heterocycles. The first-order valence-corrected chi connectivity index (χ1v) is 25.8. The molecule has 7 amide bonds. The number of hydrogen-bond acceptors (Lipinski definition) is 14. The maximum Gasteiger partial charge on any atom is 0.245 e. The number of thioether (sulfide) groups is 2. The molecular weight excluding hydrogens is 955 g/mol. The van der Waals surface area contributed by atoms with Crippen molar-refractivity contribution >= 4 is 75.8 Å². The van der Waals surface area contributed by atoms with Crippen LogP contribution in [0.1, 0.15) is 74.9 Å². The van der Waals surface area contributed by atoms with Gasteiger partial charge >= 0.3 is 0 Å². The molecule has 0 bridgehead atoms. The third kappa shape index (κ3) is 18.1. The molecule has 1 saturated heterocycles. The van der Waals surface area contributed by atoms with Crippen LogP contribution in [0.15, 0.2) is 84.9 Å². The second-order valence-electron chi connectivity index (χ2n) is 17.1. The minimum atomic E-state index is -1.76. The Labute approximate surface area is 421 Å². The summed E-state index contributed by atoms with van der Waals surface area (Å²) in [5.74, 6) is -5.82. The van der Waals surface area contributed by atoms with Crippen LogP contribution in [0.3, 0.4) is 0 Å². The van der Waals surface area contributed by atoms with E-state index in [4.69, 9.17) is 4.74 Å². The summed E-state index contributed by atoms with van der Waals surface area (Å²) in [5.41, 5.74) is 1.71. The van der Waals surface area contributed by atoms with Crippen molar-refractivity contribution in [3.8, 4) is 5.75 Å². The third-order valence-electron chi connectivity index (χ3n) is 11.6. The van der Waals surface area contributed by atoms with Gasteiger partial charge in [-0.05, 0) is 74.4 Å². The second-order valence-corrected chi connectivity index (χ2v) is 19.1. The van der Waals surface area contributed by atoms with E-state index in [0.717, 1.165) is 0 Å². The SMILES string of the molecule is CC[C@H](C)[C@H]1NC(=O)[C@H](Cc2ccccc2)NC(=O)[C@@H](C)NC(=O)[C@H](NC(=O)[C@@H](NC(=O)[C@H](CO)NC(=O)CCCOc2ccc(C(=O)c3ccccc3)cc2)[C@@H](C)O)CSC(=O)[C@H](CCSC)NC1=O. The summed E-state index contributed by atoms with van der Waals surface area (Å²) < 4.78 is 5.70. The van der Waals surface area contributed by atoms with E-state index in [0.29, 0.717) is 46.4 Å². The van der Waals surface area contributed by atoms with Crippen LogP contribution in [0.2, 0.25) is 0 Å². The van der Waals surface area contributed by atoms with Gasteiger partial charge in [-0.15, -0.1) is 0 Å². The monoisotopic (exact) mass is 1020 g/mol. The fourth-order valence-corrected chi connectivity index (χ4v) is 8.56. The third-order valence-corrected chi connectivity index (χ3v) is 13.3. The van der Waals surface area contributed by atoms with Crippen LogP contribution >= 0.6 is 23.5 Å². The number of carbonyl (C=O) groups excluding carboxylic acids is 9. The van der Waals surface area contributed by atoms with Gasteiger partial charge in [0.25, 0.3) is 0 Å². The average molecular weight is 1020 g/mol. The molecule has 0 aliphatic carbocycles. The quantitative estimate of drug-likeness (QED) is 0.0536. The van der Waals surface area contributed by atoms with Crippen molar-refractivity contribution in [3.05, 3.63) is 102 Å². The van der Waals surface area contributed by atoms with Gasteiger partial charge in [0.15, 0.2) is 5.78 Å². The van der Waals surface area contributed by atoms with Crippen LogP contribution < -0.4 is 42.0 Å². The van der Waals surface area contributed by atoms with E-state index in [-0.39, 0.29) is 44.0 Å². The van der Waals surface area contributed by atoms with Gasteiger partial charge in [-0.2, -0.15) is 11.8 Å². The van der Waals surface area contributed by atoms with Crippen molar-refractivity contribution in [2.24, 2.45) is 5.92 Å². The first-order valence-electron chi connectivity index (χ1n) is 23.4. The Bertz CT molecular complexity index is 2290. The lowest BCUT2D eigenvalue weighted by molar-refractivity contribution is -0.136. The van der Waals surface area contributed by atoms with Gasteiger partial charge < -0.3 is 52.2 Å². The Morgan fingerprint density at radius 3 is 2.04 bits per heavy atom. The molecule has 0 saturated carbocycles. The van der Waals surface area contributed by atoms with Crippen molar-refractivity contribution in [1.82, 2.24) is 37.2 Å². The van der Waals surface area contributed by atoms with E-state index in [1.165, 1.54) is 25.6 Å². The van der Waals surface area contributed by atoms with E-state index in [2.05, 4.69) is 37.2 Å². The Kier molecular flexibility index (Phi) is 23.5. The van der Waals surface area contributed by atoms with Gasteiger partial charge in [0.2, 0.25) is 46.5 Å². The second kappa shape index (κ2) is 29.1. The summed E-state index contributed by atoms with van der Waals surface area (Å²) in [6, 6.07) is 14.6. The molecule has 3 aromatic carbocycles. The molecule has 0 radical (unpaired) electrons. The van der Waals surface area contributed by atoms with Gasteiger partial charge in [0.1, 0.15) is 42.0 Å². The largest absolute Gasteiger partial charge is 0.494 e. The summed E-state index contributed by atoms with van der Waals surface area (Å²) in [7, 11) is 0. The van der Waals surface area contributed by atoms with Crippen LogP contribution in [-0.4, -0.2) is 142 Å². The number of benzene rings is 3. The minimum absolute atomic E-state index is 0.0255. The average Bonchev–Trinajstić information content (AvgIpc) is 3.36. The Morgan fingerprint density at radius 1 is 0.789 bits per heavy atom. The summed E-state index contributed by atoms with van der Waals surface area (Å²) in [5, 5.41) is 38.1. The molecule has 3 aromatic rings. The fraction of sp³-hybridized carbons (Fsp3) is 0.460. The summed E-state index contributed by atoms with van der Waals surface area (Å²) in [6.45, 7) is 5.36. The van der Waals surface area contributed by atoms with Gasteiger partial charge in [-0.1, -0.05) is 92.7 Å². The number of aliphatic hydroxyl groups is 2. The molecule has 0 unspecified atom stereocenters. The first-order chi connectivity index (χ1) is 33.9. The molecule has 1 aliphatic heterocycles. The number of amides is 7. The zero-order valence-corrected chi connectivity index (χ0v) is 42.1. The highest BCUT2D eigenvalue weighted by atomic mass is 32.2. The molecule has 71 heavy (non-hydrogen) atoms. The predicted octanol–water partition coefficient (Wildman–Crippen LogP) is 1.18. The van der Waals surface area contributed by atoms with Crippen LogP contribution in [0.4, 0.5) is 0 Å². The predicted molar refractivity (Wildman–Crippen MR) is 269 cm³/mol. The first kappa shape index (κ1) is 57.3. The summed E-state index contributed by atoms with van der Waals surface area (Å²) >= 11 is 2.05. The Hall–Kier alpha value is -6.29. The highest BCUT2D eigenvalue weighted by Crippen LogP contribution is 2.18. The zero-order valence-electron chi connectivity index (χ0n) is 40.4. The highest BCUT2D eigenvalue weighted by Gasteiger charge is 2.37. The van der Waals surface area contributed by atoms with E-state index >= 15 is 0 Å². The van der Waals surface area contributed by atoms with Gasteiger partial charge in [0, 0.05) is 29.7 Å². The van der Waals surface area contributed by atoms with Gasteiger partial charge in [0.05, 0.1) is 25.4 Å². The smallest absolute Gasteiger partial charge is 0.245 e. The molecule has 9 N–H and O–H groups in total. The molecule has 384 valence electrons. The zero-order chi connectivity index (χ0) is 52.0. The molecule has 9 atom stereocenters. The van der Waals surface area contributed by atoms with Crippen LogP contribution in [0.5, 0.6) is 5.75 Å². The van der Waals surface area contributed by atoms with Crippen LogP contribution in [0.25, 0.3) is 0 Å². The number of nitrogens with one attached hydrogen (secondary N) is 7. The maximum absolute atomic E-state index is 13.9. The summed E-state index contributed by atoms with van der Waals surface area (Å²) in [4.78, 5) is 122. The Morgan fingerprint density at radius 2 is 1.42 bits per heavy atom. The molecule has 0 spiro atoms. The standard InChI is InChI=1S/C50H65N7O12S2/c1-6-29(2)41-48(66)53-36(23-25-70-5)50(68)71-28-39(47(65)51-30(3)44(62)54-37(45(63)56-41)26-32-14-9-7-10-15-32)55-49(67)42(31(4)59)57-46(64)38(27-58)52-40(60)18-13-24-69-35-21-19-34(20-22-35)43(61)33-16-11-8-12-17-33/h7-12,14-17,19-22,29-31,36-39,41-42,58-59H,6,13,18,23-28H2,1-5H3,(H,51,65)(H,52,60)(H,53,66)(H,54,62)(H,55,67)(H,56,63)(H,57,64)/t29-,30+,31+,36-,37-,38-,39+,41+,42-/m0/s1. The number of ketones is 1. The molecule has 19 nitrogen and oxygen atoms in total. The van der Waals surface area contributed by atoms with E-state index in [1.807, 2.05) is 19.2 Å². The number of carbonyl (C=O) groups is 9. The topological polar surface area (TPSA) is 288 Å². The fourth-order valence-electron chi connectivity index (χ4n) is 7.15. The van der Waals surface area contributed by atoms with Gasteiger partial charge in [-0.25, -0.2) is 0 Å². The lowest BCUT2D eigenvalue weighted by Gasteiger charge is -2.30. The number of hydrogen-bond donors (Lipinski definition) is 9. The lowest BCUT2D eigenvalue weighted by Crippen LogP contribution is -2.62. The molecule has 1 aliphatic rings. The summed E-state index contributed by atoms with van der Waals surface area (Å²) in [6.07, 6.45) is 0.996. The molecule has 21 heteroatoms. The highest BCUT2D eigenvalue weighted by molar-refractivity contribution is 8.13. The Balaban J connectivity index is 1.45. The number of ether oxygens (including phenoxy) is 1. The van der Waals surface area contributed by atoms with Crippen LogP contribution in [-0.2, 0) is 44.8 Å². The molecule has 1 fully saturated rings. The number of aliphatic hydroxyl groups excluding tert-OH is 2. The normalized spacial score (nSPS) is 20.9. The van der Waals surface area contributed by atoms with Crippen molar-refractivity contribution in [2.75, 3.05) is 31.0 Å². The number of rotatable bonds is 21. The van der Waals surface area contributed by atoms with Crippen molar-refractivity contribution in [2.45, 2.75) is 108 Å². The maximum atomic E-state index is 13.9. The minimum Gasteiger partial charge on any atom is -0.494 e. The van der Waals surface area contributed by atoms with Gasteiger partial charge in [-0.3, -0.25) is 43.2 Å². The molecular formula is C50H65N7O12S2. The molecule has 4 rings (SSSR count). The van der Waals surface area contributed by atoms with Crippen molar-refractivity contribution in [1.29, 1.82) is 0 Å². The van der Waals surface area contributed by atoms with Crippen molar-refractivity contribution in [3.63, 3.8) is 0 Å². The molecule has 1 heterocycles. The van der Waals surface area contributed by atoms with E-state index in [9.17, 15) is 53.4 Å². The van der Waals surface area contributed by atoms with E-state index in [1.54, 1.807) is 85.8 Å². The van der Waals surface area contributed by atoms with E-state index < -0.39 is 107 Å². The van der Waals surface area contributed by atoms with Crippen molar-refractivity contribution < 1.29 is 58.1 Å².